The molecule has 1 aromatic heterocycles. The highest BCUT2D eigenvalue weighted by molar-refractivity contribution is 7.99. The van der Waals surface area contributed by atoms with Gasteiger partial charge in [-0.15, -0.1) is 0 Å². The standard InChI is InChI=1S/C23H23N3O3S/c1-3-28-21-10-15(2)18-12-19(21)23(27)24-8-5-9-29-16-6-4-7-17(11-16)30-22-13-20(18)25-14-26-22/h4,6-7,10-14H,3,5,8-9H2,1-2H3,(H,24,27). The van der Waals surface area contributed by atoms with Crippen molar-refractivity contribution in [3.8, 4) is 22.8 Å². The van der Waals surface area contributed by atoms with Crippen LogP contribution in [0.15, 0.2) is 58.7 Å². The highest BCUT2D eigenvalue weighted by Gasteiger charge is 2.17. The van der Waals surface area contributed by atoms with Gasteiger partial charge in [-0.2, -0.15) is 0 Å². The quantitative estimate of drug-likeness (QED) is 0.614. The number of carbonyl (C=O) groups is 1. The van der Waals surface area contributed by atoms with E-state index in [0.717, 1.165) is 32.5 Å². The number of hydrogen-bond donors (Lipinski definition) is 1. The summed E-state index contributed by atoms with van der Waals surface area (Å²) in [7, 11) is 0. The van der Waals surface area contributed by atoms with Gasteiger partial charge in [0, 0.05) is 17.0 Å². The van der Waals surface area contributed by atoms with Gasteiger partial charge in [-0.05, 0) is 62.2 Å². The molecule has 0 unspecified atom stereocenters. The van der Waals surface area contributed by atoms with Crippen LogP contribution in [0.25, 0.3) is 11.3 Å². The van der Waals surface area contributed by atoms with E-state index < -0.39 is 0 Å². The van der Waals surface area contributed by atoms with Gasteiger partial charge in [0.25, 0.3) is 5.91 Å². The molecule has 0 saturated carbocycles. The first-order valence-electron chi connectivity index (χ1n) is 9.93. The summed E-state index contributed by atoms with van der Waals surface area (Å²) >= 11 is 1.55. The number of rotatable bonds is 2. The number of aryl methyl sites for hydroxylation is 1. The Morgan fingerprint density at radius 2 is 2.07 bits per heavy atom. The zero-order valence-electron chi connectivity index (χ0n) is 17.0. The Bertz CT molecular complexity index is 1070. The fraction of sp³-hybridized carbons (Fsp3) is 0.261. The molecule has 0 fully saturated rings. The number of aromatic nitrogens is 2. The van der Waals surface area contributed by atoms with Gasteiger partial charge in [-0.3, -0.25) is 4.79 Å². The van der Waals surface area contributed by atoms with E-state index in [1.54, 1.807) is 18.1 Å². The van der Waals surface area contributed by atoms with Gasteiger partial charge in [-0.1, -0.05) is 17.8 Å². The molecular formula is C23H23N3O3S. The fourth-order valence-corrected chi connectivity index (χ4v) is 4.09. The van der Waals surface area contributed by atoms with Crippen LogP contribution < -0.4 is 14.8 Å². The summed E-state index contributed by atoms with van der Waals surface area (Å²) in [4.78, 5) is 22.8. The zero-order valence-corrected chi connectivity index (χ0v) is 17.8. The van der Waals surface area contributed by atoms with E-state index in [2.05, 4.69) is 15.3 Å². The van der Waals surface area contributed by atoms with Crippen LogP contribution in [0.3, 0.4) is 0 Å². The number of nitrogens with zero attached hydrogens (tertiary/aromatic N) is 2. The summed E-state index contributed by atoms with van der Waals surface area (Å²) in [6.07, 6.45) is 2.25. The van der Waals surface area contributed by atoms with Crippen LogP contribution in [0.2, 0.25) is 0 Å². The van der Waals surface area contributed by atoms with E-state index >= 15 is 0 Å². The van der Waals surface area contributed by atoms with E-state index in [4.69, 9.17) is 9.47 Å². The smallest absolute Gasteiger partial charge is 0.255 e. The molecule has 30 heavy (non-hydrogen) atoms. The first kappa shape index (κ1) is 20.2. The Kier molecular flexibility index (Phi) is 6.18. The predicted octanol–water partition coefficient (Wildman–Crippen LogP) is 4.51. The molecule has 1 amide bonds. The first-order valence-corrected chi connectivity index (χ1v) is 10.7. The van der Waals surface area contributed by atoms with E-state index in [1.165, 1.54) is 0 Å². The summed E-state index contributed by atoms with van der Waals surface area (Å²) in [5.41, 5.74) is 3.14. The van der Waals surface area contributed by atoms with Crippen molar-refractivity contribution in [2.45, 2.75) is 30.2 Å². The lowest BCUT2D eigenvalue weighted by Gasteiger charge is -2.15. The number of hydrogen-bond acceptors (Lipinski definition) is 6. The maximum Gasteiger partial charge on any atom is 0.255 e. The maximum atomic E-state index is 12.9. The van der Waals surface area contributed by atoms with E-state index in [0.29, 0.717) is 37.5 Å². The van der Waals surface area contributed by atoms with Gasteiger partial charge in [0.2, 0.25) is 0 Å². The Labute approximate surface area is 180 Å². The topological polar surface area (TPSA) is 73.3 Å². The van der Waals surface area contributed by atoms with Crippen molar-refractivity contribution in [1.82, 2.24) is 15.3 Å². The molecule has 7 heteroatoms. The molecule has 2 aromatic carbocycles. The number of ether oxygens (including phenoxy) is 2. The van der Waals surface area contributed by atoms with Crippen LogP contribution in [0.1, 0.15) is 29.3 Å². The second kappa shape index (κ2) is 9.17. The van der Waals surface area contributed by atoms with Crippen molar-refractivity contribution in [2.75, 3.05) is 19.8 Å². The average Bonchev–Trinajstić information content (AvgIpc) is 2.73. The maximum absolute atomic E-state index is 12.9. The van der Waals surface area contributed by atoms with E-state index in [-0.39, 0.29) is 5.91 Å². The number of nitrogens with one attached hydrogen (secondary N) is 1. The fourth-order valence-electron chi connectivity index (χ4n) is 3.26. The molecule has 0 radical (unpaired) electrons. The minimum absolute atomic E-state index is 0.169. The van der Waals surface area contributed by atoms with Crippen molar-refractivity contribution in [3.05, 3.63) is 59.9 Å². The van der Waals surface area contributed by atoms with Crippen molar-refractivity contribution in [1.29, 1.82) is 0 Å². The second-order valence-electron chi connectivity index (χ2n) is 6.87. The minimum Gasteiger partial charge on any atom is -0.493 e. The summed E-state index contributed by atoms with van der Waals surface area (Å²) in [5, 5.41) is 3.79. The monoisotopic (exact) mass is 421 g/mol. The molecule has 1 N–H and O–H groups in total. The van der Waals surface area contributed by atoms with Crippen LogP contribution in [0.4, 0.5) is 0 Å². The molecule has 0 saturated heterocycles. The van der Waals surface area contributed by atoms with Gasteiger partial charge < -0.3 is 14.8 Å². The van der Waals surface area contributed by atoms with Gasteiger partial charge in [0.15, 0.2) is 0 Å². The molecule has 1 aliphatic heterocycles. The average molecular weight is 422 g/mol. The van der Waals surface area contributed by atoms with Crippen LogP contribution in [0, 0.1) is 6.92 Å². The zero-order chi connectivity index (χ0) is 20.9. The van der Waals surface area contributed by atoms with Crippen molar-refractivity contribution < 1.29 is 14.3 Å². The van der Waals surface area contributed by atoms with Crippen LogP contribution in [-0.4, -0.2) is 35.6 Å². The Balaban J connectivity index is 1.80. The predicted molar refractivity (Wildman–Crippen MR) is 116 cm³/mol. The van der Waals surface area contributed by atoms with E-state index in [1.807, 2.05) is 56.3 Å². The number of fused-ring (bicyclic) bond motifs is 7. The molecule has 2 heterocycles. The van der Waals surface area contributed by atoms with Gasteiger partial charge in [0.1, 0.15) is 22.9 Å². The molecular weight excluding hydrogens is 398 g/mol. The number of benzene rings is 2. The molecule has 4 rings (SSSR count). The third-order valence-electron chi connectivity index (χ3n) is 4.69. The summed E-state index contributed by atoms with van der Waals surface area (Å²) in [5.74, 6) is 1.21. The van der Waals surface area contributed by atoms with Gasteiger partial charge >= 0.3 is 0 Å². The van der Waals surface area contributed by atoms with Crippen LogP contribution >= 0.6 is 11.8 Å². The summed E-state index contributed by atoms with van der Waals surface area (Å²) < 4.78 is 11.6. The lowest BCUT2D eigenvalue weighted by Crippen LogP contribution is -2.26. The molecule has 6 bridgehead atoms. The molecule has 1 aliphatic rings. The Morgan fingerprint density at radius 1 is 1.17 bits per heavy atom. The third-order valence-corrected chi connectivity index (χ3v) is 5.61. The van der Waals surface area contributed by atoms with Crippen molar-refractivity contribution >= 4 is 17.7 Å². The highest BCUT2D eigenvalue weighted by atomic mass is 32.2. The second-order valence-corrected chi connectivity index (χ2v) is 7.97. The normalized spacial score (nSPS) is 13.9. The lowest BCUT2D eigenvalue weighted by atomic mass is 10.0. The van der Waals surface area contributed by atoms with Crippen molar-refractivity contribution in [2.24, 2.45) is 0 Å². The molecule has 3 aromatic rings. The van der Waals surface area contributed by atoms with Gasteiger partial charge in [-0.25, -0.2) is 9.97 Å². The SMILES string of the molecule is CCOc1cc(C)c2cc1C(=O)NCCCOc1cccc(c1)Sc1cc-2ncn1. The van der Waals surface area contributed by atoms with E-state index in [9.17, 15) is 4.79 Å². The first-order chi connectivity index (χ1) is 14.6. The molecule has 0 aliphatic carbocycles. The molecule has 154 valence electrons. The molecule has 6 nitrogen and oxygen atoms in total. The Hall–Kier alpha value is -3.06. The van der Waals surface area contributed by atoms with Gasteiger partial charge in [0.05, 0.1) is 24.5 Å². The molecule has 0 atom stereocenters. The van der Waals surface area contributed by atoms with Crippen LogP contribution in [-0.2, 0) is 0 Å². The number of carbonyl (C=O) groups excluding carboxylic acids is 1. The lowest BCUT2D eigenvalue weighted by molar-refractivity contribution is 0.0948. The molecule has 0 spiro atoms. The third kappa shape index (κ3) is 4.57. The summed E-state index contributed by atoms with van der Waals surface area (Å²) in [6, 6.07) is 13.6. The minimum atomic E-state index is -0.169. The number of amides is 1. The Morgan fingerprint density at radius 3 is 2.93 bits per heavy atom. The summed E-state index contributed by atoms with van der Waals surface area (Å²) in [6.45, 7) is 5.42. The van der Waals surface area contributed by atoms with Crippen molar-refractivity contribution in [3.63, 3.8) is 0 Å². The highest BCUT2D eigenvalue weighted by Crippen LogP contribution is 2.33. The largest absolute Gasteiger partial charge is 0.493 e. The van der Waals surface area contributed by atoms with Crippen LogP contribution in [0.5, 0.6) is 11.5 Å².